The summed E-state index contributed by atoms with van der Waals surface area (Å²) < 4.78 is 60.2. The van der Waals surface area contributed by atoms with Gasteiger partial charge in [-0.25, -0.2) is 17.1 Å². The highest BCUT2D eigenvalue weighted by molar-refractivity contribution is 7.92. The van der Waals surface area contributed by atoms with Crippen LogP contribution in [-0.4, -0.2) is 37.5 Å². The van der Waals surface area contributed by atoms with Gasteiger partial charge in [-0.2, -0.15) is 0 Å². The zero-order chi connectivity index (χ0) is 28.4. The number of benzene rings is 3. The number of halogens is 1. The van der Waals surface area contributed by atoms with Crippen LogP contribution in [0.15, 0.2) is 93.3 Å². The smallest absolute Gasteiger partial charge is 0.265 e. The first-order valence-electron chi connectivity index (χ1n) is 12.0. The molecule has 3 aromatic carbocycles. The van der Waals surface area contributed by atoms with E-state index in [0.29, 0.717) is 22.2 Å². The van der Waals surface area contributed by atoms with E-state index < -0.39 is 28.0 Å². The molecule has 10 nitrogen and oxygen atoms in total. The third-order valence-electron chi connectivity index (χ3n) is 6.38. The lowest BCUT2D eigenvalue weighted by molar-refractivity contribution is 0.274. The van der Waals surface area contributed by atoms with Gasteiger partial charge in [-0.05, 0) is 48.0 Å². The van der Waals surface area contributed by atoms with E-state index in [4.69, 9.17) is 14.0 Å². The molecule has 2 heterocycles. The molecule has 0 saturated heterocycles. The Hall–Kier alpha value is -4.68. The predicted octanol–water partition coefficient (Wildman–Crippen LogP) is 4.02. The number of hydrogen-bond donors (Lipinski definition) is 1. The minimum Gasteiger partial charge on any atom is -0.497 e. The Balaban J connectivity index is 1.62. The van der Waals surface area contributed by atoms with Crippen molar-refractivity contribution >= 4 is 26.7 Å². The summed E-state index contributed by atoms with van der Waals surface area (Å²) in [5.41, 5.74) is 0.631. The van der Waals surface area contributed by atoms with Crippen LogP contribution in [0.5, 0.6) is 11.5 Å². The van der Waals surface area contributed by atoms with Crippen molar-refractivity contribution in [3.63, 3.8) is 0 Å². The molecule has 0 spiro atoms. The van der Waals surface area contributed by atoms with Gasteiger partial charge in [0.25, 0.3) is 15.6 Å². The molecule has 0 fully saturated rings. The maximum atomic E-state index is 14.6. The third-order valence-corrected chi connectivity index (χ3v) is 8.12. The van der Waals surface area contributed by atoms with Crippen LogP contribution in [0.25, 0.3) is 16.6 Å². The van der Waals surface area contributed by atoms with Gasteiger partial charge in [0, 0.05) is 29.1 Å². The Kier molecular flexibility index (Phi) is 7.28. The molecular weight excluding hydrogens is 541 g/mol. The molecule has 12 heteroatoms. The van der Waals surface area contributed by atoms with Crippen LogP contribution in [0.4, 0.5) is 10.2 Å². The number of nitrogens with zero attached hydrogens (tertiary/aromatic N) is 3. The number of hydrogen-bond acceptors (Lipinski definition) is 8. The number of aliphatic hydroxyl groups is 1. The van der Waals surface area contributed by atoms with Crippen molar-refractivity contribution in [1.82, 2.24) is 9.72 Å². The van der Waals surface area contributed by atoms with Crippen LogP contribution >= 0.6 is 0 Å². The highest BCUT2D eigenvalue weighted by atomic mass is 32.2. The second kappa shape index (κ2) is 10.8. The maximum absolute atomic E-state index is 14.6. The van der Waals surface area contributed by atoms with Crippen LogP contribution in [0, 0.1) is 5.82 Å². The first kappa shape index (κ1) is 26.9. The second-order valence-electron chi connectivity index (χ2n) is 8.72. The van der Waals surface area contributed by atoms with Gasteiger partial charge in [0.05, 0.1) is 43.5 Å². The molecule has 5 rings (SSSR count). The lowest BCUT2D eigenvalue weighted by Gasteiger charge is -2.22. The molecular formula is C28H24FN3O7S. The molecule has 0 atom stereocenters. The number of aliphatic hydroxyl groups excluding tert-OH is 1. The van der Waals surface area contributed by atoms with Crippen molar-refractivity contribution in [3.05, 3.63) is 106 Å². The van der Waals surface area contributed by atoms with Gasteiger partial charge in [-0.3, -0.25) is 9.36 Å². The Morgan fingerprint density at radius 2 is 1.77 bits per heavy atom. The van der Waals surface area contributed by atoms with Crippen molar-refractivity contribution in [1.29, 1.82) is 0 Å². The van der Waals surface area contributed by atoms with Crippen LogP contribution in [0.1, 0.15) is 11.1 Å². The number of rotatable bonds is 9. The summed E-state index contributed by atoms with van der Waals surface area (Å²) in [4.78, 5) is 12.9. The number of sulfonamides is 1. The number of methoxy groups -OCH3 is 2. The SMILES string of the molecule is COc1ccc(CN(c2ccon2)S(=O)(=O)c2ccc3c(ccc(=O)n3-c3cc(F)c(CO)cc3OC)c2)cc1. The van der Waals surface area contributed by atoms with Gasteiger partial charge < -0.3 is 19.1 Å². The van der Waals surface area contributed by atoms with Crippen LogP contribution in [-0.2, 0) is 23.2 Å². The molecule has 40 heavy (non-hydrogen) atoms. The van der Waals surface area contributed by atoms with Crippen molar-refractivity contribution in [2.24, 2.45) is 0 Å². The highest BCUT2D eigenvalue weighted by Crippen LogP contribution is 2.31. The van der Waals surface area contributed by atoms with Crippen LogP contribution < -0.4 is 19.3 Å². The summed E-state index contributed by atoms with van der Waals surface area (Å²) in [6.07, 6.45) is 1.28. The first-order valence-corrected chi connectivity index (χ1v) is 13.4. The minimum atomic E-state index is -4.17. The lowest BCUT2D eigenvalue weighted by atomic mass is 10.1. The quantitative estimate of drug-likeness (QED) is 0.284. The average Bonchev–Trinajstić information content (AvgIpc) is 3.50. The molecule has 0 bridgehead atoms. The maximum Gasteiger partial charge on any atom is 0.265 e. The van der Waals surface area contributed by atoms with Crippen molar-refractivity contribution in [2.75, 3.05) is 18.5 Å². The zero-order valence-corrected chi connectivity index (χ0v) is 22.3. The van der Waals surface area contributed by atoms with Gasteiger partial charge in [-0.1, -0.05) is 17.3 Å². The predicted molar refractivity (Wildman–Crippen MR) is 145 cm³/mol. The monoisotopic (exact) mass is 565 g/mol. The number of anilines is 1. The Morgan fingerprint density at radius 3 is 2.42 bits per heavy atom. The van der Waals surface area contributed by atoms with E-state index in [1.165, 1.54) is 67.5 Å². The molecule has 1 N–H and O–H groups in total. The number of aromatic nitrogens is 2. The summed E-state index contributed by atoms with van der Waals surface area (Å²) in [7, 11) is -1.27. The van der Waals surface area contributed by atoms with E-state index in [1.54, 1.807) is 24.3 Å². The van der Waals surface area contributed by atoms with Crippen LogP contribution in [0.2, 0.25) is 0 Å². The molecule has 0 unspecified atom stereocenters. The lowest BCUT2D eigenvalue weighted by Crippen LogP contribution is -2.31. The van der Waals surface area contributed by atoms with Gasteiger partial charge in [0.1, 0.15) is 23.6 Å². The third kappa shape index (κ3) is 4.90. The first-order chi connectivity index (χ1) is 19.3. The molecule has 206 valence electrons. The molecule has 0 amide bonds. The molecule has 0 aliphatic carbocycles. The van der Waals surface area contributed by atoms with Crippen LogP contribution in [0.3, 0.4) is 0 Å². The largest absolute Gasteiger partial charge is 0.497 e. The van der Waals surface area contributed by atoms with E-state index in [-0.39, 0.29) is 34.3 Å². The normalized spacial score (nSPS) is 11.5. The number of pyridine rings is 1. The van der Waals surface area contributed by atoms with Crippen molar-refractivity contribution < 1.29 is 31.9 Å². The Labute approximate surface area is 228 Å². The van der Waals surface area contributed by atoms with Gasteiger partial charge >= 0.3 is 0 Å². The van der Waals surface area contributed by atoms with E-state index in [9.17, 15) is 22.7 Å². The minimum absolute atomic E-state index is 0.00655. The van der Waals surface area contributed by atoms with E-state index in [2.05, 4.69) is 5.16 Å². The number of fused-ring (bicyclic) bond motifs is 1. The fourth-order valence-electron chi connectivity index (χ4n) is 4.33. The summed E-state index contributed by atoms with van der Waals surface area (Å²) in [6.45, 7) is -0.587. The van der Waals surface area contributed by atoms with E-state index in [0.717, 1.165) is 10.4 Å². The standard InChI is InChI=1S/C28H24FN3O7S/c1-37-21-6-3-18(4-7-21)16-31(27-11-12-39-30-27)40(35,36)22-8-9-24-19(13-22)5-10-28(34)32(24)25-15-23(29)20(17-33)14-26(25)38-2/h3-15,33H,16-17H2,1-2H3. The fraction of sp³-hybridized carbons (Fsp3) is 0.143. The van der Waals surface area contributed by atoms with Gasteiger partial charge in [-0.15, -0.1) is 0 Å². The van der Waals surface area contributed by atoms with Crippen molar-refractivity contribution in [2.45, 2.75) is 18.0 Å². The molecule has 0 radical (unpaired) electrons. The topological polar surface area (TPSA) is 124 Å². The summed E-state index contributed by atoms with van der Waals surface area (Å²) in [5.74, 6) is 0.157. The molecule has 0 aliphatic rings. The highest BCUT2D eigenvalue weighted by Gasteiger charge is 2.28. The summed E-state index contributed by atoms with van der Waals surface area (Å²) in [5, 5.41) is 13.7. The second-order valence-corrected chi connectivity index (χ2v) is 10.6. The molecule has 2 aromatic heterocycles. The summed E-state index contributed by atoms with van der Waals surface area (Å²) >= 11 is 0. The zero-order valence-electron chi connectivity index (χ0n) is 21.4. The number of ether oxygens (including phenoxy) is 2. The molecule has 0 aliphatic heterocycles. The average molecular weight is 566 g/mol. The molecule has 0 saturated carbocycles. The fourth-order valence-corrected chi connectivity index (χ4v) is 5.76. The van der Waals surface area contributed by atoms with E-state index in [1.807, 2.05) is 0 Å². The van der Waals surface area contributed by atoms with E-state index >= 15 is 0 Å². The van der Waals surface area contributed by atoms with Gasteiger partial charge in [0.15, 0.2) is 5.82 Å². The summed E-state index contributed by atoms with van der Waals surface area (Å²) in [6, 6.07) is 17.8. The Morgan fingerprint density at radius 1 is 1.00 bits per heavy atom. The van der Waals surface area contributed by atoms with Crippen molar-refractivity contribution in [3.8, 4) is 17.2 Å². The van der Waals surface area contributed by atoms with Gasteiger partial charge in [0.2, 0.25) is 0 Å². The Bertz CT molecular complexity index is 1840. The molecule has 5 aromatic rings.